The molecule has 1 heterocycles. The summed E-state index contributed by atoms with van der Waals surface area (Å²) in [5, 5.41) is 0. The van der Waals surface area contributed by atoms with Crippen LogP contribution in [0.1, 0.15) is 32.5 Å². The van der Waals surface area contributed by atoms with Gasteiger partial charge in [-0.3, -0.25) is 0 Å². The fourth-order valence-corrected chi connectivity index (χ4v) is 1.17. The van der Waals surface area contributed by atoms with Crippen molar-refractivity contribution in [3.05, 3.63) is 23.8 Å². The molecular formula is C10H17N3. The Hall–Kier alpha value is -1.09. The number of hydrogen-bond acceptors (Lipinski definition) is 2. The summed E-state index contributed by atoms with van der Waals surface area (Å²) in [4.78, 5) is 4.11. The van der Waals surface area contributed by atoms with E-state index in [-0.39, 0.29) is 0 Å². The van der Waals surface area contributed by atoms with Gasteiger partial charge in [0.15, 0.2) is 0 Å². The highest BCUT2D eigenvalue weighted by atomic mass is 15.1. The molecule has 2 N–H and O–H groups in total. The summed E-state index contributed by atoms with van der Waals surface area (Å²) in [6, 6.07) is 0.444. The molecule has 3 heteroatoms. The third kappa shape index (κ3) is 2.42. The van der Waals surface area contributed by atoms with Crippen LogP contribution in [0.4, 0.5) is 0 Å². The highest BCUT2D eigenvalue weighted by molar-refractivity contribution is 5.48. The lowest BCUT2D eigenvalue weighted by Gasteiger charge is -2.09. The molecule has 1 rings (SSSR count). The van der Waals surface area contributed by atoms with E-state index in [2.05, 4.69) is 29.5 Å². The zero-order valence-electron chi connectivity index (χ0n) is 8.49. The van der Waals surface area contributed by atoms with E-state index in [1.54, 1.807) is 0 Å². The highest BCUT2D eigenvalue weighted by Crippen LogP contribution is 2.11. The molecule has 0 atom stereocenters. The number of imidazole rings is 1. The maximum Gasteiger partial charge on any atom is 0.0953 e. The number of aromatic nitrogens is 2. The van der Waals surface area contributed by atoms with Gasteiger partial charge in [-0.05, 0) is 26.8 Å². The van der Waals surface area contributed by atoms with Gasteiger partial charge in [-0.25, -0.2) is 4.98 Å². The molecule has 0 aliphatic rings. The van der Waals surface area contributed by atoms with Crippen molar-refractivity contribution in [3.8, 4) is 0 Å². The van der Waals surface area contributed by atoms with Gasteiger partial charge in [0.2, 0.25) is 0 Å². The summed E-state index contributed by atoms with van der Waals surface area (Å²) in [5.41, 5.74) is 7.81. The summed E-state index contributed by atoms with van der Waals surface area (Å²) < 4.78 is 2.12. The Bertz CT molecular complexity index is 297. The molecule has 0 aromatic carbocycles. The van der Waals surface area contributed by atoms with Gasteiger partial charge in [-0.1, -0.05) is 5.57 Å². The molecule has 0 aliphatic carbocycles. The Morgan fingerprint density at radius 1 is 1.69 bits per heavy atom. The summed E-state index contributed by atoms with van der Waals surface area (Å²) >= 11 is 0. The monoisotopic (exact) mass is 179 g/mol. The molecule has 3 nitrogen and oxygen atoms in total. The number of rotatable bonds is 3. The molecule has 0 fully saturated rings. The third-order valence-corrected chi connectivity index (χ3v) is 1.97. The van der Waals surface area contributed by atoms with Crippen molar-refractivity contribution in [1.29, 1.82) is 0 Å². The summed E-state index contributed by atoms with van der Waals surface area (Å²) in [7, 11) is 0. The van der Waals surface area contributed by atoms with Crippen LogP contribution in [0, 0.1) is 0 Å². The molecule has 0 radical (unpaired) electrons. The molecule has 0 unspecified atom stereocenters. The van der Waals surface area contributed by atoms with E-state index < -0.39 is 0 Å². The maximum absolute atomic E-state index is 5.52. The first kappa shape index (κ1) is 9.99. The first-order valence-electron chi connectivity index (χ1n) is 4.54. The molecule has 0 aliphatic heterocycles. The van der Waals surface area contributed by atoms with Crippen LogP contribution >= 0.6 is 0 Å². The Morgan fingerprint density at radius 2 is 2.38 bits per heavy atom. The SMILES string of the molecule is C/C(=C/c1cncn1C(C)C)CN. The fraction of sp³-hybridized carbons (Fsp3) is 0.500. The quantitative estimate of drug-likeness (QED) is 0.769. The zero-order valence-corrected chi connectivity index (χ0v) is 8.49. The zero-order chi connectivity index (χ0) is 9.84. The van der Waals surface area contributed by atoms with Crippen LogP contribution in [0.2, 0.25) is 0 Å². The average Bonchev–Trinajstić information content (AvgIpc) is 2.52. The average molecular weight is 179 g/mol. The van der Waals surface area contributed by atoms with Crippen molar-refractivity contribution in [2.45, 2.75) is 26.8 Å². The Morgan fingerprint density at radius 3 is 2.92 bits per heavy atom. The molecule has 13 heavy (non-hydrogen) atoms. The van der Waals surface area contributed by atoms with Crippen molar-refractivity contribution in [2.75, 3.05) is 6.54 Å². The molecule has 72 valence electrons. The standard InChI is InChI=1S/C10H17N3/c1-8(2)13-7-12-6-10(13)4-9(3)5-11/h4,6-8H,5,11H2,1-3H3/b9-4-. The number of hydrogen-bond donors (Lipinski definition) is 1. The summed E-state index contributed by atoms with van der Waals surface area (Å²) in [6.07, 6.45) is 5.78. The van der Waals surface area contributed by atoms with E-state index in [4.69, 9.17) is 5.73 Å². The highest BCUT2D eigenvalue weighted by Gasteiger charge is 2.02. The lowest BCUT2D eigenvalue weighted by molar-refractivity contribution is 0.595. The molecule has 0 saturated carbocycles. The van der Waals surface area contributed by atoms with Gasteiger partial charge >= 0.3 is 0 Å². The van der Waals surface area contributed by atoms with Crippen molar-refractivity contribution in [3.63, 3.8) is 0 Å². The van der Waals surface area contributed by atoms with Gasteiger partial charge in [-0.15, -0.1) is 0 Å². The van der Waals surface area contributed by atoms with Crippen LogP contribution in [-0.4, -0.2) is 16.1 Å². The topological polar surface area (TPSA) is 43.8 Å². The van der Waals surface area contributed by atoms with Crippen molar-refractivity contribution in [1.82, 2.24) is 9.55 Å². The second-order valence-electron chi connectivity index (χ2n) is 3.51. The third-order valence-electron chi connectivity index (χ3n) is 1.97. The summed E-state index contributed by atoms with van der Waals surface area (Å²) in [6.45, 7) is 6.90. The van der Waals surface area contributed by atoms with E-state index in [0.717, 1.165) is 5.69 Å². The van der Waals surface area contributed by atoms with Crippen molar-refractivity contribution < 1.29 is 0 Å². The van der Waals surface area contributed by atoms with Crippen molar-refractivity contribution >= 4 is 6.08 Å². The van der Waals surface area contributed by atoms with Gasteiger partial charge in [0, 0.05) is 12.6 Å². The van der Waals surface area contributed by atoms with Gasteiger partial charge < -0.3 is 10.3 Å². The van der Waals surface area contributed by atoms with E-state index in [9.17, 15) is 0 Å². The van der Waals surface area contributed by atoms with E-state index in [1.165, 1.54) is 5.57 Å². The first-order valence-corrected chi connectivity index (χ1v) is 4.54. The van der Waals surface area contributed by atoms with Gasteiger partial charge in [0.25, 0.3) is 0 Å². The predicted molar refractivity (Wildman–Crippen MR) is 55.3 cm³/mol. The predicted octanol–water partition coefficient (Wildman–Crippen LogP) is 1.83. The van der Waals surface area contributed by atoms with E-state index in [1.807, 2.05) is 19.4 Å². The smallest absolute Gasteiger partial charge is 0.0953 e. The molecule has 0 bridgehead atoms. The lowest BCUT2D eigenvalue weighted by atomic mass is 10.2. The molecular weight excluding hydrogens is 162 g/mol. The van der Waals surface area contributed by atoms with Crippen LogP contribution < -0.4 is 5.73 Å². The van der Waals surface area contributed by atoms with E-state index in [0.29, 0.717) is 12.6 Å². The fourth-order valence-electron chi connectivity index (χ4n) is 1.17. The molecule has 0 amide bonds. The van der Waals surface area contributed by atoms with Crippen LogP contribution in [0.15, 0.2) is 18.1 Å². The van der Waals surface area contributed by atoms with Crippen LogP contribution in [0.5, 0.6) is 0 Å². The molecule has 1 aromatic rings. The van der Waals surface area contributed by atoms with Crippen LogP contribution in [0.25, 0.3) is 6.08 Å². The molecule has 0 spiro atoms. The minimum Gasteiger partial charge on any atom is -0.329 e. The Balaban J connectivity index is 2.94. The van der Waals surface area contributed by atoms with E-state index >= 15 is 0 Å². The second kappa shape index (κ2) is 4.23. The number of nitrogens with zero attached hydrogens (tertiary/aromatic N) is 2. The molecule has 1 aromatic heterocycles. The minimum atomic E-state index is 0.444. The number of nitrogens with two attached hydrogens (primary N) is 1. The molecule has 0 saturated heterocycles. The largest absolute Gasteiger partial charge is 0.329 e. The Labute approximate surface area is 79.3 Å². The first-order chi connectivity index (χ1) is 6.15. The minimum absolute atomic E-state index is 0.444. The second-order valence-corrected chi connectivity index (χ2v) is 3.51. The van der Waals surface area contributed by atoms with Gasteiger partial charge in [-0.2, -0.15) is 0 Å². The Kier molecular flexibility index (Phi) is 3.25. The summed E-state index contributed by atoms with van der Waals surface area (Å²) in [5.74, 6) is 0. The normalized spacial score (nSPS) is 12.5. The van der Waals surface area contributed by atoms with Crippen molar-refractivity contribution in [2.24, 2.45) is 5.73 Å². The maximum atomic E-state index is 5.52. The van der Waals surface area contributed by atoms with Crippen LogP contribution in [-0.2, 0) is 0 Å². The van der Waals surface area contributed by atoms with Gasteiger partial charge in [0.1, 0.15) is 0 Å². The van der Waals surface area contributed by atoms with Gasteiger partial charge in [0.05, 0.1) is 18.2 Å². The van der Waals surface area contributed by atoms with Crippen LogP contribution in [0.3, 0.4) is 0 Å². The lowest BCUT2D eigenvalue weighted by Crippen LogP contribution is -2.03.